The van der Waals surface area contributed by atoms with Crippen LogP contribution in [0.2, 0.25) is 0 Å². The van der Waals surface area contributed by atoms with Crippen molar-refractivity contribution in [1.82, 2.24) is 25.1 Å². The lowest BCUT2D eigenvalue weighted by molar-refractivity contribution is 0.194. The third-order valence-electron chi connectivity index (χ3n) is 4.31. The summed E-state index contributed by atoms with van der Waals surface area (Å²) in [5, 5.41) is 20.6. The molecular formula is C21H16F2N6O. The van der Waals surface area contributed by atoms with Crippen LogP contribution in [0.25, 0.3) is 22.5 Å². The number of benzene rings is 1. The van der Waals surface area contributed by atoms with Crippen LogP contribution in [0.15, 0.2) is 61.1 Å². The molecule has 0 amide bonds. The minimum absolute atomic E-state index is 0.0815. The van der Waals surface area contributed by atoms with E-state index in [0.29, 0.717) is 11.4 Å². The maximum atomic E-state index is 14.5. The van der Waals surface area contributed by atoms with Gasteiger partial charge in [-0.1, -0.05) is 12.1 Å². The van der Waals surface area contributed by atoms with Crippen molar-refractivity contribution in [2.75, 3.05) is 5.32 Å². The van der Waals surface area contributed by atoms with Crippen molar-refractivity contribution in [1.29, 1.82) is 0 Å². The van der Waals surface area contributed by atoms with Gasteiger partial charge in [0.05, 0.1) is 29.9 Å². The number of nitrogens with one attached hydrogen (secondary N) is 1. The molecule has 4 rings (SSSR count). The number of hydrogen-bond acceptors (Lipinski definition) is 7. The number of aromatic nitrogens is 5. The molecule has 1 unspecified atom stereocenters. The van der Waals surface area contributed by atoms with Crippen molar-refractivity contribution in [3.8, 4) is 22.5 Å². The van der Waals surface area contributed by atoms with Crippen LogP contribution in [0.3, 0.4) is 0 Å². The number of halogens is 2. The van der Waals surface area contributed by atoms with Crippen molar-refractivity contribution in [2.45, 2.75) is 13.0 Å². The molecule has 3 aromatic heterocycles. The fourth-order valence-corrected chi connectivity index (χ4v) is 2.82. The van der Waals surface area contributed by atoms with Gasteiger partial charge >= 0.3 is 0 Å². The first kappa shape index (κ1) is 19.5. The third-order valence-corrected chi connectivity index (χ3v) is 4.31. The van der Waals surface area contributed by atoms with Gasteiger partial charge in [-0.15, -0.1) is 10.2 Å². The highest BCUT2D eigenvalue weighted by Gasteiger charge is 2.19. The van der Waals surface area contributed by atoms with Crippen LogP contribution >= 0.6 is 0 Å². The molecule has 0 bridgehead atoms. The van der Waals surface area contributed by atoms with Crippen LogP contribution in [0.5, 0.6) is 0 Å². The second kappa shape index (κ2) is 8.26. The standard InChI is InChI=1S/C21H16F2N6O/c1-12(30)18-7-6-13(10-25-18)26-21-27-19(14-4-2-3-5-16(14)22)20(28-29-21)15-8-9-24-11-17(15)23/h2-12,30H,1H3,(H,26,27,29). The highest BCUT2D eigenvalue weighted by Crippen LogP contribution is 2.32. The number of pyridine rings is 2. The van der Waals surface area contributed by atoms with Crippen LogP contribution < -0.4 is 5.32 Å². The SMILES string of the molecule is CC(O)c1ccc(Nc2nnc(-c3ccncc3F)c(-c3ccccc3F)n2)cn1. The molecule has 1 atom stereocenters. The molecule has 0 fully saturated rings. The van der Waals surface area contributed by atoms with Crippen LogP contribution in [0, 0.1) is 11.6 Å². The smallest absolute Gasteiger partial charge is 0.247 e. The van der Waals surface area contributed by atoms with E-state index in [1.165, 1.54) is 30.6 Å². The Morgan fingerprint density at radius 1 is 0.900 bits per heavy atom. The minimum Gasteiger partial charge on any atom is -0.387 e. The van der Waals surface area contributed by atoms with E-state index in [9.17, 15) is 13.9 Å². The van der Waals surface area contributed by atoms with Gasteiger partial charge in [0.1, 0.15) is 17.2 Å². The summed E-state index contributed by atoms with van der Waals surface area (Å²) in [5.41, 5.74) is 1.54. The lowest BCUT2D eigenvalue weighted by atomic mass is 10.0. The van der Waals surface area contributed by atoms with Crippen LogP contribution in [-0.4, -0.2) is 30.3 Å². The zero-order valence-corrected chi connectivity index (χ0v) is 15.8. The number of nitrogens with zero attached hydrogens (tertiary/aromatic N) is 5. The normalized spacial score (nSPS) is 11.9. The Morgan fingerprint density at radius 3 is 2.40 bits per heavy atom. The summed E-state index contributed by atoms with van der Waals surface area (Å²) < 4.78 is 28.8. The Labute approximate surface area is 170 Å². The van der Waals surface area contributed by atoms with Crippen molar-refractivity contribution >= 4 is 11.6 Å². The van der Waals surface area contributed by atoms with Crippen LogP contribution in [-0.2, 0) is 0 Å². The van der Waals surface area contributed by atoms with E-state index in [2.05, 4.69) is 30.5 Å². The van der Waals surface area contributed by atoms with Crippen molar-refractivity contribution in [2.24, 2.45) is 0 Å². The highest BCUT2D eigenvalue weighted by molar-refractivity contribution is 5.78. The summed E-state index contributed by atoms with van der Waals surface area (Å²) in [7, 11) is 0. The third kappa shape index (κ3) is 3.96. The van der Waals surface area contributed by atoms with E-state index >= 15 is 0 Å². The summed E-state index contributed by atoms with van der Waals surface area (Å²) >= 11 is 0. The van der Waals surface area contributed by atoms with Crippen molar-refractivity contribution in [3.63, 3.8) is 0 Å². The van der Waals surface area contributed by atoms with Crippen LogP contribution in [0.1, 0.15) is 18.7 Å². The molecule has 30 heavy (non-hydrogen) atoms. The van der Waals surface area contributed by atoms with E-state index in [-0.39, 0.29) is 28.5 Å². The molecular weight excluding hydrogens is 390 g/mol. The summed E-state index contributed by atoms with van der Waals surface area (Å²) in [6.45, 7) is 1.61. The second-order valence-corrected chi connectivity index (χ2v) is 6.44. The molecule has 150 valence electrons. The molecule has 4 aromatic rings. The monoisotopic (exact) mass is 406 g/mol. The number of hydrogen-bond donors (Lipinski definition) is 2. The van der Waals surface area contributed by atoms with Gasteiger partial charge < -0.3 is 10.4 Å². The summed E-state index contributed by atoms with van der Waals surface area (Å²) in [6, 6.07) is 10.8. The lowest BCUT2D eigenvalue weighted by Crippen LogP contribution is -2.05. The van der Waals surface area contributed by atoms with Crippen molar-refractivity contribution in [3.05, 3.63) is 78.4 Å². The molecule has 0 aliphatic carbocycles. The first-order valence-electron chi connectivity index (χ1n) is 9.03. The average molecular weight is 406 g/mol. The zero-order valence-electron chi connectivity index (χ0n) is 15.8. The fraction of sp³-hybridized carbons (Fsp3) is 0.0952. The van der Waals surface area contributed by atoms with Gasteiger partial charge in [-0.05, 0) is 37.3 Å². The van der Waals surface area contributed by atoms with E-state index in [0.717, 1.165) is 6.20 Å². The van der Waals surface area contributed by atoms with Gasteiger partial charge in [-0.25, -0.2) is 13.8 Å². The molecule has 2 N–H and O–H groups in total. The molecule has 9 heteroatoms. The average Bonchev–Trinajstić information content (AvgIpc) is 2.75. The maximum absolute atomic E-state index is 14.5. The Morgan fingerprint density at radius 2 is 1.70 bits per heavy atom. The van der Waals surface area contributed by atoms with E-state index in [4.69, 9.17) is 0 Å². The first-order valence-corrected chi connectivity index (χ1v) is 9.03. The molecule has 0 radical (unpaired) electrons. The van der Waals surface area contributed by atoms with Gasteiger partial charge in [-0.3, -0.25) is 9.97 Å². The van der Waals surface area contributed by atoms with Gasteiger partial charge in [0, 0.05) is 17.3 Å². The zero-order chi connectivity index (χ0) is 21.1. The maximum Gasteiger partial charge on any atom is 0.247 e. The Kier molecular flexibility index (Phi) is 5.36. The van der Waals surface area contributed by atoms with Crippen LogP contribution in [0.4, 0.5) is 20.4 Å². The Bertz CT molecular complexity index is 1180. The lowest BCUT2D eigenvalue weighted by Gasteiger charge is -2.12. The molecule has 0 aliphatic rings. The quantitative estimate of drug-likeness (QED) is 0.516. The predicted molar refractivity (Wildman–Crippen MR) is 107 cm³/mol. The Balaban J connectivity index is 1.78. The number of rotatable bonds is 5. The number of aliphatic hydroxyl groups excluding tert-OH is 1. The van der Waals surface area contributed by atoms with Gasteiger partial charge in [0.15, 0.2) is 5.82 Å². The first-order chi connectivity index (χ1) is 14.5. The summed E-state index contributed by atoms with van der Waals surface area (Å²) in [6.07, 6.45) is 3.26. The van der Waals surface area contributed by atoms with E-state index < -0.39 is 17.7 Å². The number of aliphatic hydroxyl groups is 1. The highest BCUT2D eigenvalue weighted by atomic mass is 19.1. The van der Waals surface area contributed by atoms with E-state index in [1.54, 1.807) is 31.2 Å². The van der Waals surface area contributed by atoms with Gasteiger partial charge in [-0.2, -0.15) is 0 Å². The Hall–Kier alpha value is -3.85. The molecule has 0 spiro atoms. The molecule has 1 aromatic carbocycles. The molecule has 0 saturated heterocycles. The largest absolute Gasteiger partial charge is 0.387 e. The molecule has 3 heterocycles. The van der Waals surface area contributed by atoms with E-state index in [1.807, 2.05) is 0 Å². The van der Waals surface area contributed by atoms with Gasteiger partial charge in [0.25, 0.3) is 0 Å². The second-order valence-electron chi connectivity index (χ2n) is 6.44. The van der Waals surface area contributed by atoms with Gasteiger partial charge in [0.2, 0.25) is 5.95 Å². The summed E-state index contributed by atoms with van der Waals surface area (Å²) in [4.78, 5) is 12.3. The topological polar surface area (TPSA) is 96.7 Å². The number of anilines is 2. The molecule has 7 nitrogen and oxygen atoms in total. The van der Waals surface area contributed by atoms with Crippen molar-refractivity contribution < 1.29 is 13.9 Å². The fourth-order valence-electron chi connectivity index (χ4n) is 2.82. The predicted octanol–water partition coefficient (Wildman–Crippen LogP) is 4.07. The molecule has 0 saturated carbocycles. The summed E-state index contributed by atoms with van der Waals surface area (Å²) in [5.74, 6) is -1.06. The molecule has 0 aliphatic heterocycles. The minimum atomic E-state index is -0.695.